The highest BCUT2D eigenvalue weighted by Gasteiger charge is 2.14. The fourth-order valence-corrected chi connectivity index (χ4v) is 1.57. The van der Waals surface area contributed by atoms with Gasteiger partial charge in [-0.2, -0.15) is 0 Å². The summed E-state index contributed by atoms with van der Waals surface area (Å²) in [6.07, 6.45) is 3.36. The van der Waals surface area contributed by atoms with Gasteiger partial charge in [-0.05, 0) is 12.1 Å². The lowest BCUT2D eigenvalue weighted by atomic mass is 10.3. The Balaban J connectivity index is 2.09. The number of rotatable bonds is 3. The molecule has 0 radical (unpaired) electrons. The summed E-state index contributed by atoms with van der Waals surface area (Å²) in [5, 5.41) is 0.308. The van der Waals surface area contributed by atoms with E-state index in [1.54, 1.807) is 37.6 Å². The van der Waals surface area contributed by atoms with Crippen molar-refractivity contribution in [3.63, 3.8) is 0 Å². The zero-order valence-corrected chi connectivity index (χ0v) is 9.98. The van der Waals surface area contributed by atoms with Crippen LogP contribution >= 0.6 is 11.6 Å². The molecular weight excluding hydrogens is 240 g/mol. The van der Waals surface area contributed by atoms with Gasteiger partial charge in [-0.3, -0.25) is 4.79 Å². The summed E-state index contributed by atoms with van der Waals surface area (Å²) in [6, 6.07) is 4.96. The minimum absolute atomic E-state index is 0.191. The number of carbonyl (C=O) groups excluding carboxylic acids is 1. The summed E-state index contributed by atoms with van der Waals surface area (Å²) in [5.74, 6) is 0.534. The van der Waals surface area contributed by atoms with Crippen LogP contribution in [0.2, 0.25) is 5.15 Å². The number of carbonyl (C=O) groups is 1. The Morgan fingerprint density at radius 1 is 1.53 bits per heavy atom. The predicted molar refractivity (Wildman–Crippen MR) is 63.6 cm³/mol. The standard InChI is InChI=1S/C11H11ClN4O/c1-16(7-10-13-5-6-14-10)11(17)8-3-2-4-9(12)15-8/h2-6H,7H2,1H3,(H,13,14). The fraction of sp³-hybridized carbons (Fsp3) is 0.182. The Labute approximate surface area is 103 Å². The minimum Gasteiger partial charge on any atom is -0.347 e. The second-order valence-electron chi connectivity index (χ2n) is 3.54. The van der Waals surface area contributed by atoms with E-state index >= 15 is 0 Å². The van der Waals surface area contributed by atoms with E-state index in [1.807, 2.05) is 0 Å². The molecule has 0 bridgehead atoms. The Bertz CT molecular complexity index is 512. The number of pyridine rings is 1. The number of nitrogens with one attached hydrogen (secondary N) is 1. The third kappa shape index (κ3) is 2.82. The number of nitrogens with zero attached hydrogens (tertiary/aromatic N) is 3. The third-order valence-electron chi connectivity index (χ3n) is 2.22. The quantitative estimate of drug-likeness (QED) is 0.844. The van der Waals surface area contributed by atoms with Crippen LogP contribution in [0.3, 0.4) is 0 Å². The number of aromatic nitrogens is 3. The normalized spacial score (nSPS) is 10.2. The maximum absolute atomic E-state index is 12.0. The fourth-order valence-electron chi connectivity index (χ4n) is 1.40. The van der Waals surface area contributed by atoms with E-state index in [1.165, 1.54) is 4.90 Å². The highest BCUT2D eigenvalue weighted by Crippen LogP contribution is 2.08. The first-order valence-corrected chi connectivity index (χ1v) is 5.41. The third-order valence-corrected chi connectivity index (χ3v) is 2.43. The van der Waals surface area contributed by atoms with Gasteiger partial charge in [-0.1, -0.05) is 17.7 Å². The SMILES string of the molecule is CN(Cc1ncc[nH]1)C(=O)c1cccc(Cl)n1. The molecule has 0 saturated heterocycles. The van der Waals surface area contributed by atoms with Crippen molar-refractivity contribution in [2.45, 2.75) is 6.54 Å². The highest BCUT2D eigenvalue weighted by molar-refractivity contribution is 6.29. The van der Waals surface area contributed by atoms with Gasteiger partial charge in [-0.25, -0.2) is 9.97 Å². The summed E-state index contributed by atoms with van der Waals surface area (Å²) in [7, 11) is 1.69. The van der Waals surface area contributed by atoms with Crippen LogP contribution in [0, 0.1) is 0 Å². The summed E-state index contributed by atoms with van der Waals surface area (Å²) < 4.78 is 0. The molecular formula is C11H11ClN4O. The molecule has 0 aliphatic rings. The maximum atomic E-state index is 12.0. The van der Waals surface area contributed by atoms with Gasteiger partial charge in [0.2, 0.25) is 0 Å². The van der Waals surface area contributed by atoms with Crippen molar-refractivity contribution < 1.29 is 4.79 Å². The Morgan fingerprint density at radius 3 is 3.00 bits per heavy atom. The van der Waals surface area contributed by atoms with E-state index in [9.17, 15) is 4.79 Å². The lowest BCUT2D eigenvalue weighted by Crippen LogP contribution is -2.27. The van der Waals surface area contributed by atoms with E-state index in [4.69, 9.17) is 11.6 Å². The molecule has 0 atom stereocenters. The van der Waals surface area contributed by atoms with Gasteiger partial charge in [0.05, 0.1) is 6.54 Å². The Morgan fingerprint density at radius 2 is 2.35 bits per heavy atom. The van der Waals surface area contributed by atoms with Gasteiger partial charge in [0.1, 0.15) is 16.7 Å². The van der Waals surface area contributed by atoms with Crippen molar-refractivity contribution in [2.24, 2.45) is 0 Å². The lowest BCUT2D eigenvalue weighted by molar-refractivity contribution is 0.0776. The van der Waals surface area contributed by atoms with Gasteiger partial charge in [-0.15, -0.1) is 0 Å². The van der Waals surface area contributed by atoms with Crippen molar-refractivity contribution >= 4 is 17.5 Å². The Kier molecular flexibility index (Phi) is 3.39. The van der Waals surface area contributed by atoms with Crippen LogP contribution in [-0.2, 0) is 6.54 Å². The second-order valence-corrected chi connectivity index (χ2v) is 3.93. The van der Waals surface area contributed by atoms with Crippen molar-refractivity contribution in [2.75, 3.05) is 7.05 Å². The summed E-state index contributed by atoms with van der Waals surface area (Å²) in [4.78, 5) is 24.5. The summed E-state index contributed by atoms with van der Waals surface area (Å²) >= 11 is 5.74. The molecule has 0 aliphatic heterocycles. The Hall–Kier alpha value is -1.88. The van der Waals surface area contributed by atoms with E-state index in [0.29, 0.717) is 17.4 Å². The molecule has 2 rings (SSSR count). The maximum Gasteiger partial charge on any atom is 0.272 e. The molecule has 2 aromatic heterocycles. The van der Waals surface area contributed by atoms with E-state index < -0.39 is 0 Å². The predicted octanol–water partition coefficient (Wildman–Crippen LogP) is 1.73. The minimum atomic E-state index is -0.191. The van der Waals surface area contributed by atoms with Crippen LogP contribution in [-0.4, -0.2) is 32.8 Å². The van der Waals surface area contributed by atoms with Gasteiger partial charge in [0.15, 0.2) is 0 Å². The average Bonchev–Trinajstić information content (AvgIpc) is 2.80. The first-order valence-electron chi connectivity index (χ1n) is 5.03. The number of H-pyrrole nitrogens is 1. The molecule has 2 aromatic rings. The van der Waals surface area contributed by atoms with Crippen LogP contribution in [0.4, 0.5) is 0 Å². The van der Waals surface area contributed by atoms with Crippen molar-refractivity contribution in [3.8, 4) is 0 Å². The number of halogens is 1. The molecule has 1 N–H and O–H groups in total. The smallest absolute Gasteiger partial charge is 0.272 e. The zero-order valence-electron chi connectivity index (χ0n) is 9.22. The molecule has 0 aromatic carbocycles. The monoisotopic (exact) mass is 250 g/mol. The molecule has 0 saturated carbocycles. The first kappa shape index (κ1) is 11.6. The van der Waals surface area contributed by atoms with Gasteiger partial charge in [0.25, 0.3) is 5.91 Å². The lowest BCUT2D eigenvalue weighted by Gasteiger charge is -2.15. The molecule has 2 heterocycles. The number of aromatic amines is 1. The first-order chi connectivity index (χ1) is 8.16. The number of amides is 1. The van der Waals surface area contributed by atoms with E-state index in [-0.39, 0.29) is 5.91 Å². The number of hydrogen-bond acceptors (Lipinski definition) is 3. The molecule has 0 unspecified atom stereocenters. The van der Waals surface area contributed by atoms with Gasteiger partial charge >= 0.3 is 0 Å². The van der Waals surface area contributed by atoms with Crippen LogP contribution in [0.15, 0.2) is 30.6 Å². The molecule has 88 valence electrons. The van der Waals surface area contributed by atoms with E-state index in [0.717, 1.165) is 5.82 Å². The largest absolute Gasteiger partial charge is 0.347 e. The van der Waals surface area contributed by atoms with Crippen molar-refractivity contribution in [3.05, 3.63) is 47.3 Å². The van der Waals surface area contributed by atoms with Crippen molar-refractivity contribution in [1.29, 1.82) is 0 Å². The molecule has 0 aliphatic carbocycles. The molecule has 5 nitrogen and oxygen atoms in total. The van der Waals surface area contributed by atoms with Crippen LogP contribution in [0.1, 0.15) is 16.3 Å². The molecule has 6 heteroatoms. The second kappa shape index (κ2) is 4.97. The molecule has 0 spiro atoms. The van der Waals surface area contributed by atoms with Gasteiger partial charge in [0, 0.05) is 19.4 Å². The molecule has 17 heavy (non-hydrogen) atoms. The van der Waals surface area contributed by atoms with Crippen LogP contribution in [0.25, 0.3) is 0 Å². The number of imidazole rings is 1. The highest BCUT2D eigenvalue weighted by atomic mass is 35.5. The van der Waals surface area contributed by atoms with Crippen LogP contribution < -0.4 is 0 Å². The molecule has 1 amide bonds. The van der Waals surface area contributed by atoms with E-state index in [2.05, 4.69) is 15.0 Å². The number of hydrogen-bond donors (Lipinski definition) is 1. The average molecular weight is 251 g/mol. The van der Waals surface area contributed by atoms with Gasteiger partial charge < -0.3 is 9.88 Å². The molecule has 0 fully saturated rings. The van der Waals surface area contributed by atoms with Crippen molar-refractivity contribution in [1.82, 2.24) is 19.9 Å². The zero-order chi connectivity index (χ0) is 12.3. The topological polar surface area (TPSA) is 61.9 Å². The van der Waals surface area contributed by atoms with Crippen LogP contribution in [0.5, 0.6) is 0 Å². The summed E-state index contributed by atoms with van der Waals surface area (Å²) in [5.41, 5.74) is 0.326. The summed E-state index contributed by atoms with van der Waals surface area (Å²) in [6.45, 7) is 0.403.